The Morgan fingerprint density at radius 2 is 1.93 bits per heavy atom. The molecule has 0 saturated heterocycles. The highest BCUT2D eigenvalue weighted by molar-refractivity contribution is 5.94. The molecule has 0 aliphatic heterocycles. The predicted octanol–water partition coefficient (Wildman–Crippen LogP) is 2.52. The summed E-state index contributed by atoms with van der Waals surface area (Å²) in [5.41, 5.74) is 1.90. The van der Waals surface area contributed by atoms with Gasteiger partial charge in [0.05, 0.1) is 0 Å². The Bertz CT molecular complexity index is 303. The van der Waals surface area contributed by atoms with E-state index < -0.39 is 0 Å². The number of aryl methyl sites for hydroxylation is 1. The fourth-order valence-corrected chi connectivity index (χ4v) is 1.11. The van der Waals surface area contributed by atoms with Crippen LogP contribution in [0, 0.1) is 6.92 Å². The van der Waals surface area contributed by atoms with Gasteiger partial charge >= 0.3 is 0 Å². The first-order valence-electron chi connectivity index (χ1n) is 5.01. The SMILES string of the molecule is CC[C@@H](C)NC(=O)c1ccc(C)cc1. The summed E-state index contributed by atoms with van der Waals surface area (Å²) in [5, 5.41) is 2.93. The van der Waals surface area contributed by atoms with Crippen molar-refractivity contribution in [2.75, 3.05) is 0 Å². The number of nitrogens with one attached hydrogen (secondary N) is 1. The molecular formula is C12H17NO. The van der Waals surface area contributed by atoms with Crippen LogP contribution in [0.25, 0.3) is 0 Å². The predicted molar refractivity (Wildman–Crippen MR) is 58.4 cm³/mol. The largest absolute Gasteiger partial charge is 0.350 e. The number of rotatable bonds is 3. The van der Waals surface area contributed by atoms with Gasteiger partial charge in [0.25, 0.3) is 5.91 Å². The van der Waals surface area contributed by atoms with Gasteiger partial charge in [0, 0.05) is 11.6 Å². The number of hydrogen-bond acceptors (Lipinski definition) is 1. The number of carbonyl (C=O) groups is 1. The number of benzene rings is 1. The van der Waals surface area contributed by atoms with Gasteiger partial charge in [0.1, 0.15) is 0 Å². The fraction of sp³-hybridized carbons (Fsp3) is 0.417. The van der Waals surface area contributed by atoms with E-state index in [0.29, 0.717) is 0 Å². The highest BCUT2D eigenvalue weighted by Crippen LogP contribution is 2.03. The summed E-state index contributed by atoms with van der Waals surface area (Å²) in [4.78, 5) is 11.6. The first-order chi connectivity index (χ1) is 6.63. The molecule has 0 aromatic heterocycles. The number of hydrogen-bond donors (Lipinski definition) is 1. The van der Waals surface area contributed by atoms with Crippen molar-refractivity contribution in [2.45, 2.75) is 33.2 Å². The lowest BCUT2D eigenvalue weighted by Crippen LogP contribution is -2.31. The summed E-state index contributed by atoms with van der Waals surface area (Å²) >= 11 is 0. The molecule has 0 saturated carbocycles. The van der Waals surface area contributed by atoms with E-state index in [4.69, 9.17) is 0 Å². The molecule has 76 valence electrons. The highest BCUT2D eigenvalue weighted by atomic mass is 16.1. The van der Waals surface area contributed by atoms with Gasteiger partial charge in [0.2, 0.25) is 0 Å². The minimum absolute atomic E-state index is 0.0133. The molecule has 0 heterocycles. The van der Waals surface area contributed by atoms with Gasteiger partial charge in [-0.15, -0.1) is 0 Å². The van der Waals surface area contributed by atoms with Crippen LogP contribution in [-0.2, 0) is 0 Å². The van der Waals surface area contributed by atoms with Gasteiger partial charge in [-0.05, 0) is 32.4 Å². The maximum atomic E-state index is 11.6. The molecule has 2 heteroatoms. The molecule has 1 rings (SSSR count). The van der Waals surface area contributed by atoms with Crippen molar-refractivity contribution in [1.29, 1.82) is 0 Å². The van der Waals surface area contributed by atoms with Gasteiger partial charge in [0.15, 0.2) is 0 Å². The van der Waals surface area contributed by atoms with Crippen LogP contribution in [0.3, 0.4) is 0 Å². The van der Waals surface area contributed by atoms with E-state index in [1.807, 2.05) is 38.1 Å². The third-order valence-electron chi connectivity index (χ3n) is 2.30. The zero-order valence-corrected chi connectivity index (χ0v) is 9.00. The van der Waals surface area contributed by atoms with Crippen LogP contribution in [0.5, 0.6) is 0 Å². The van der Waals surface area contributed by atoms with E-state index >= 15 is 0 Å². The lowest BCUT2D eigenvalue weighted by atomic mass is 10.1. The fourth-order valence-electron chi connectivity index (χ4n) is 1.11. The van der Waals surface area contributed by atoms with Crippen LogP contribution >= 0.6 is 0 Å². The Hall–Kier alpha value is -1.31. The van der Waals surface area contributed by atoms with Gasteiger partial charge < -0.3 is 5.32 Å². The van der Waals surface area contributed by atoms with Crippen LogP contribution in [-0.4, -0.2) is 11.9 Å². The number of amides is 1. The molecule has 0 aliphatic rings. The van der Waals surface area contributed by atoms with Crippen molar-refractivity contribution in [1.82, 2.24) is 5.32 Å². The second kappa shape index (κ2) is 4.80. The van der Waals surface area contributed by atoms with Crippen molar-refractivity contribution in [2.24, 2.45) is 0 Å². The Balaban J connectivity index is 2.65. The van der Waals surface area contributed by atoms with E-state index in [9.17, 15) is 4.79 Å². The van der Waals surface area contributed by atoms with Gasteiger partial charge in [-0.2, -0.15) is 0 Å². The maximum absolute atomic E-state index is 11.6. The molecule has 0 spiro atoms. The Morgan fingerprint density at radius 3 is 2.43 bits per heavy atom. The minimum atomic E-state index is 0.0133. The maximum Gasteiger partial charge on any atom is 0.251 e. The second-order valence-corrected chi connectivity index (χ2v) is 3.65. The normalized spacial score (nSPS) is 12.2. The lowest BCUT2D eigenvalue weighted by molar-refractivity contribution is 0.0939. The van der Waals surface area contributed by atoms with Crippen LogP contribution in [0.15, 0.2) is 24.3 Å². The molecule has 1 N–H and O–H groups in total. The molecule has 1 atom stereocenters. The van der Waals surface area contributed by atoms with Crippen LogP contribution in [0.2, 0.25) is 0 Å². The van der Waals surface area contributed by atoms with Crippen molar-refractivity contribution in [3.8, 4) is 0 Å². The molecule has 1 amide bonds. The van der Waals surface area contributed by atoms with Gasteiger partial charge in [-0.1, -0.05) is 24.6 Å². The van der Waals surface area contributed by atoms with E-state index in [1.54, 1.807) is 0 Å². The van der Waals surface area contributed by atoms with Crippen molar-refractivity contribution in [3.63, 3.8) is 0 Å². The van der Waals surface area contributed by atoms with Crippen molar-refractivity contribution >= 4 is 5.91 Å². The zero-order valence-electron chi connectivity index (χ0n) is 9.00. The monoisotopic (exact) mass is 191 g/mol. The summed E-state index contributed by atoms with van der Waals surface area (Å²) < 4.78 is 0. The Labute approximate surface area is 85.3 Å². The smallest absolute Gasteiger partial charge is 0.251 e. The third-order valence-corrected chi connectivity index (χ3v) is 2.30. The minimum Gasteiger partial charge on any atom is -0.350 e. The van der Waals surface area contributed by atoms with Gasteiger partial charge in [-0.3, -0.25) is 4.79 Å². The molecule has 1 aromatic rings. The Morgan fingerprint density at radius 1 is 1.36 bits per heavy atom. The van der Waals surface area contributed by atoms with Crippen molar-refractivity contribution < 1.29 is 4.79 Å². The number of carbonyl (C=O) groups excluding carboxylic acids is 1. The summed E-state index contributed by atoms with van der Waals surface area (Å²) in [5.74, 6) is 0.0133. The average molecular weight is 191 g/mol. The van der Waals surface area contributed by atoms with E-state index in [1.165, 1.54) is 5.56 Å². The average Bonchev–Trinajstić information content (AvgIpc) is 2.18. The molecule has 14 heavy (non-hydrogen) atoms. The van der Waals surface area contributed by atoms with E-state index in [2.05, 4.69) is 12.2 Å². The lowest BCUT2D eigenvalue weighted by Gasteiger charge is -2.11. The summed E-state index contributed by atoms with van der Waals surface area (Å²) in [6.45, 7) is 6.07. The van der Waals surface area contributed by atoms with E-state index in [0.717, 1.165) is 12.0 Å². The summed E-state index contributed by atoms with van der Waals surface area (Å²) in [6, 6.07) is 7.85. The van der Waals surface area contributed by atoms with Crippen LogP contribution in [0.4, 0.5) is 0 Å². The molecular weight excluding hydrogens is 174 g/mol. The quantitative estimate of drug-likeness (QED) is 0.781. The molecule has 2 nitrogen and oxygen atoms in total. The highest BCUT2D eigenvalue weighted by Gasteiger charge is 2.07. The van der Waals surface area contributed by atoms with Crippen LogP contribution < -0.4 is 5.32 Å². The van der Waals surface area contributed by atoms with Crippen LogP contribution in [0.1, 0.15) is 36.2 Å². The first kappa shape index (κ1) is 10.8. The molecule has 1 aromatic carbocycles. The molecule has 0 fully saturated rings. The molecule has 0 unspecified atom stereocenters. The molecule has 0 aliphatic carbocycles. The summed E-state index contributed by atoms with van der Waals surface area (Å²) in [7, 11) is 0. The standard InChI is InChI=1S/C12H17NO/c1-4-10(3)13-12(14)11-7-5-9(2)6-8-11/h5-8,10H,4H2,1-3H3,(H,13,14)/t10-/m1/s1. The third kappa shape index (κ3) is 2.87. The molecule has 0 bridgehead atoms. The van der Waals surface area contributed by atoms with Crippen molar-refractivity contribution in [3.05, 3.63) is 35.4 Å². The first-order valence-corrected chi connectivity index (χ1v) is 5.01. The van der Waals surface area contributed by atoms with E-state index in [-0.39, 0.29) is 11.9 Å². The molecule has 0 radical (unpaired) electrons. The summed E-state index contributed by atoms with van der Waals surface area (Å²) in [6.07, 6.45) is 0.956. The van der Waals surface area contributed by atoms with Gasteiger partial charge in [-0.25, -0.2) is 0 Å². The second-order valence-electron chi connectivity index (χ2n) is 3.65. The Kier molecular flexibility index (Phi) is 3.69. The topological polar surface area (TPSA) is 29.1 Å². The zero-order chi connectivity index (χ0) is 10.6.